The van der Waals surface area contributed by atoms with Crippen LogP contribution in [0.15, 0.2) is 146 Å². The molecule has 3 fully saturated rings. The SMILES string of the molecule is CC1CO1.Oc1cccc(Oc2cccc(Oc3cccc(O)c3)c2)c1.c1cc(OCC2CO2)cc(Oc2cccc(Oc3cccc(OCC4CO4)c3)c2)c1. The molecule has 56 heavy (non-hydrogen) atoms. The van der Waals surface area contributed by atoms with E-state index in [0.717, 1.165) is 31.3 Å². The summed E-state index contributed by atoms with van der Waals surface area (Å²) in [6.45, 7) is 5.70. The molecule has 3 aliphatic rings. The third kappa shape index (κ3) is 13.2. The Bertz CT molecular complexity index is 2020. The van der Waals surface area contributed by atoms with Gasteiger partial charge in [-0.25, -0.2) is 0 Å². The molecule has 0 radical (unpaired) electrons. The van der Waals surface area contributed by atoms with Gasteiger partial charge >= 0.3 is 0 Å². The van der Waals surface area contributed by atoms with E-state index in [-0.39, 0.29) is 23.7 Å². The lowest BCUT2D eigenvalue weighted by Gasteiger charge is -2.11. The third-order valence-corrected chi connectivity index (χ3v) is 7.98. The van der Waals surface area contributed by atoms with Crippen LogP contribution in [0.5, 0.6) is 69.0 Å². The van der Waals surface area contributed by atoms with Crippen LogP contribution >= 0.6 is 0 Å². The van der Waals surface area contributed by atoms with Gasteiger partial charge in [0.2, 0.25) is 0 Å². The molecule has 0 aromatic heterocycles. The van der Waals surface area contributed by atoms with Crippen molar-refractivity contribution in [2.75, 3.05) is 33.0 Å². The second-order valence-corrected chi connectivity index (χ2v) is 13.0. The van der Waals surface area contributed by atoms with Gasteiger partial charge in [-0.3, -0.25) is 0 Å². The fourth-order valence-electron chi connectivity index (χ4n) is 4.90. The summed E-state index contributed by atoms with van der Waals surface area (Å²) in [5.74, 6) is 6.78. The molecule has 9 rings (SSSR count). The highest BCUT2D eigenvalue weighted by Crippen LogP contribution is 2.33. The molecule has 6 aromatic carbocycles. The van der Waals surface area contributed by atoms with Crippen LogP contribution in [0.3, 0.4) is 0 Å². The first-order valence-electron chi connectivity index (χ1n) is 18.2. The summed E-state index contributed by atoms with van der Waals surface area (Å²) < 4.78 is 49.8. The Kier molecular flexibility index (Phi) is 12.7. The highest BCUT2D eigenvalue weighted by atomic mass is 16.6. The number of hydrogen-bond acceptors (Lipinski definition) is 11. The van der Waals surface area contributed by atoms with E-state index in [1.165, 1.54) is 12.1 Å². The zero-order valence-corrected chi connectivity index (χ0v) is 30.7. The van der Waals surface area contributed by atoms with Crippen molar-refractivity contribution >= 4 is 0 Å². The molecule has 3 saturated heterocycles. The maximum Gasteiger partial charge on any atom is 0.131 e. The molecule has 6 aromatic rings. The summed E-state index contributed by atoms with van der Waals surface area (Å²) in [5, 5.41) is 18.9. The molecule has 2 N–H and O–H groups in total. The largest absolute Gasteiger partial charge is 0.508 e. The summed E-state index contributed by atoms with van der Waals surface area (Å²) >= 11 is 0. The van der Waals surface area contributed by atoms with Crippen molar-refractivity contribution in [3.05, 3.63) is 146 Å². The second-order valence-electron chi connectivity index (χ2n) is 13.0. The van der Waals surface area contributed by atoms with Crippen LogP contribution in [0.4, 0.5) is 0 Å². The van der Waals surface area contributed by atoms with Crippen molar-refractivity contribution in [1.29, 1.82) is 0 Å². The van der Waals surface area contributed by atoms with Gasteiger partial charge < -0.3 is 52.8 Å². The van der Waals surface area contributed by atoms with Crippen LogP contribution in [0.25, 0.3) is 0 Å². The third-order valence-electron chi connectivity index (χ3n) is 7.98. The van der Waals surface area contributed by atoms with Gasteiger partial charge in [0.15, 0.2) is 0 Å². The molecular formula is C45H42O11. The van der Waals surface area contributed by atoms with Gasteiger partial charge in [0.05, 0.1) is 25.9 Å². The average molecular weight is 759 g/mol. The van der Waals surface area contributed by atoms with Crippen molar-refractivity contribution in [2.24, 2.45) is 0 Å². The highest BCUT2D eigenvalue weighted by molar-refractivity contribution is 5.44. The van der Waals surface area contributed by atoms with E-state index in [2.05, 4.69) is 6.92 Å². The predicted molar refractivity (Wildman–Crippen MR) is 208 cm³/mol. The van der Waals surface area contributed by atoms with Crippen molar-refractivity contribution < 1.29 is 52.8 Å². The Morgan fingerprint density at radius 2 is 0.661 bits per heavy atom. The number of ether oxygens (including phenoxy) is 9. The normalized spacial score (nSPS) is 17.1. The number of rotatable bonds is 14. The topological polar surface area (TPSA) is 133 Å². The Labute approximate surface area is 325 Å². The Morgan fingerprint density at radius 3 is 0.929 bits per heavy atom. The number of aromatic hydroxyl groups is 2. The fraction of sp³-hybridized carbons (Fsp3) is 0.200. The van der Waals surface area contributed by atoms with Gasteiger partial charge in [0.1, 0.15) is 94.4 Å². The van der Waals surface area contributed by atoms with Gasteiger partial charge in [-0.15, -0.1) is 0 Å². The van der Waals surface area contributed by atoms with E-state index in [4.69, 9.17) is 42.6 Å². The van der Waals surface area contributed by atoms with Crippen LogP contribution in [0, 0.1) is 0 Å². The monoisotopic (exact) mass is 758 g/mol. The quantitative estimate of drug-likeness (QED) is 0.103. The van der Waals surface area contributed by atoms with E-state index in [9.17, 15) is 10.2 Å². The number of hydrogen-bond donors (Lipinski definition) is 2. The lowest BCUT2D eigenvalue weighted by atomic mass is 10.3. The first-order valence-corrected chi connectivity index (χ1v) is 18.2. The van der Waals surface area contributed by atoms with Gasteiger partial charge in [0, 0.05) is 36.4 Å². The Balaban J connectivity index is 0.000000162. The predicted octanol–water partition coefficient (Wildman–Crippen LogP) is 9.91. The van der Waals surface area contributed by atoms with E-state index < -0.39 is 0 Å². The molecule has 0 amide bonds. The summed E-state index contributed by atoms with van der Waals surface area (Å²) in [5.41, 5.74) is 0. The zero-order valence-electron chi connectivity index (χ0n) is 30.7. The fourth-order valence-corrected chi connectivity index (χ4v) is 4.90. The molecule has 11 nitrogen and oxygen atoms in total. The lowest BCUT2D eigenvalue weighted by Crippen LogP contribution is -2.03. The van der Waals surface area contributed by atoms with Gasteiger partial charge in [-0.1, -0.05) is 36.4 Å². The smallest absolute Gasteiger partial charge is 0.131 e. The Hall–Kier alpha value is -6.40. The molecule has 0 saturated carbocycles. The first kappa shape index (κ1) is 37.9. The average Bonchev–Trinajstić information content (AvgIpc) is 4.05. The molecule has 0 aliphatic carbocycles. The summed E-state index contributed by atoms with van der Waals surface area (Å²) in [4.78, 5) is 0. The molecule has 3 heterocycles. The molecular weight excluding hydrogens is 716 g/mol. The molecule has 3 atom stereocenters. The van der Waals surface area contributed by atoms with Crippen LogP contribution < -0.4 is 28.4 Å². The second kappa shape index (κ2) is 18.8. The van der Waals surface area contributed by atoms with Gasteiger partial charge in [0.25, 0.3) is 0 Å². The maximum absolute atomic E-state index is 9.44. The number of epoxide rings is 3. The summed E-state index contributed by atoms with van der Waals surface area (Å²) in [6, 6.07) is 42.8. The summed E-state index contributed by atoms with van der Waals surface area (Å²) in [7, 11) is 0. The highest BCUT2D eigenvalue weighted by Gasteiger charge is 2.24. The minimum absolute atomic E-state index is 0.143. The molecule has 0 spiro atoms. The van der Waals surface area contributed by atoms with E-state index in [1.807, 2.05) is 72.8 Å². The molecule has 0 bridgehead atoms. The van der Waals surface area contributed by atoms with Gasteiger partial charge in [-0.05, 0) is 79.7 Å². The van der Waals surface area contributed by atoms with Crippen molar-refractivity contribution in [1.82, 2.24) is 0 Å². The van der Waals surface area contributed by atoms with Gasteiger partial charge in [-0.2, -0.15) is 0 Å². The minimum Gasteiger partial charge on any atom is -0.508 e. The van der Waals surface area contributed by atoms with Crippen LogP contribution in [0.2, 0.25) is 0 Å². The standard InChI is InChI=1S/C24H22O6.C18H14O4.C3H6O/c1-4-17(25-13-23-15-27-23)10-19(6-1)29-21-8-3-9-22(12-21)30-20-7-2-5-18(11-20)26-14-24-16-28-24;19-13-4-1-6-15(10-13)21-17-8-3-9-18(12-17)22-16-7-2-5-14(20)11-16;1-3-2-4-3/h1-12,23-24H,13-16H2;1-12,19-20H;3H,2H2,1H3. The van der Waals surface area contributed by atoms with Crippen molar-refractivity contribution in [3.63, 3.8) is 0 Å². The number of phenolic OH excluding ortho intramolecular Hbond substituents is 2. The van der Waals surface area contributed by atoms with Crippen LogP contribution in [0.1, 0.15) is 6.92 Å². The molecule has 3 aliphatic heterocycles. The number of phenols is 2. The van der Waals surface area contributed by atoms with Crippen molar-refractivity contribution in [3.8, 4) is 69.0 Å². The minimum atomic E-state index is 0.143. The number of benzene rings is 6. The Morgan fingerprint density at radius 1 is 0.411 bits per heavy atom. The zero-order chi connectivity index (χ0) is 38.5. The molecule has 288 valence electrons. The van der Waals surface area contributed by atoms with Crippen LogP contribution in [-0.4, -0.2) is 61.6 Å². The summed E-state index contributed by atoms with van der Waals surface area (Å²) in [6.07, 6.45) is 1.02. The maximum atomic E-state index is 9.44. The van der Waals surface area contributed by atoms with E-state index in [1.54, 1.807) is 60.7 Å². The van der Waals surface area contributed by atoms with Crippen molar-refractivity contribution in [2.45, 2.75) is 25.2 Å². The molecule has 11 heteroatoms. The van der Waals surface area contributed by atoms with E-state index in [0.29, 0.717) is 65.3 Å². The lowest BCUT2D eigenvalue weighted by molar-refractivity contribution is 0.262. The van der Waals surface area contributed by atoms with Crippen LogP contribution in [-0.2, 0) is 14.2 Å². The van der Waals surface area contributed by atoms with E-state index >= 15 is 0 Å². The molecule has 3 unspecified atom stereocenters. The first-order chi connectivity index (χ1) is 27.4.